The highest BCUT2D eigenvalue weighted by molar-refractivity contribution is 7.17. The molecule has 1 aromatic heterocycles. The molecule has 0 bridgehead atoms. The Kier molecular flexibility index (Phi) is 5.23. The third-order valence-corrected chi connectivity index (χ3v) is 5.75. The second-order valence-electron chi connectivity index (χ2n) is 6.28. The van der Waals surface area contributed by atoms with Crippen molar-refractivity contribution in [3.63, 3.8) is 0 Å². The molecular weight excluding hydrogens is 372 g/mol. The first-order valence-corrected chi connectivity index (χ1v) is 9.76. The van der Waals surface area contributed by atoms with Crippen molar-refractivity contribution in [2.45, 2.75) is 6.54 Å². The molecule has 0 aliphatic rings. The topological polar surface area (TPSA) is 52.8 Å². The van der Waals surface area contributed by atoms with Gasteiger partial charge in [-0.2, -0.15) is 4.99 Å². The van der Waals surface area contributed by atoms with Crippen LogP contribution in [0.2, 0.25) is 0 Å². The quantitative estimate of drug-likeness (QED) is 0.510. The van der Waals surface area contributed by atoms with Gasteiger partial charge < -0.3 is 14.0 Å². The van der Waals surface area contributed by atoms with Gasteiger partial charge in [0.2, 0.25) is 0 Å². The molecule has 28 heavy (non-hydrogen) atoms. The van der Waals surface area contributed by atoms with E-state index in [0.29, 0.717) is 29.3 Å². The van der Waals surface area contributed by atoms with Crippen LogP contribution in [0, 0.1) is 0 Å². The molecule has 142 valence electrons. The Morgan fingerprint density at radius 2 is 1.82 bits per heavy atom. The number of hydrogen-bond acceptors (Lipinski definition) is 4. The number of amides is 1. The Morgan fingerprint density at radius 3 is 2.64 bits per heavy atom. The van der Waals surface area contributed by atoms with E-state index in [9.17, 15) is 4.79 Å². The lowest BCUT2D eigenvalue weighted by Gasteiger charge is -2.06. The first-order valence-electron chi connectivity index (χ1n) is 8.95. The van der Waals surface area contributed by atoms with Crippen LogP contribution in [0.25, 0.3) is 21.0 Å². The molecule has 0 saturated carbocycles. The minimum absolute atomic E-state index is 0.320. The predicted molar refractivity (Wildman–Crippen MR) is 112 cm³/mol. The number of rotatable bonds is 5. The number of aromatic nitrogens is 1. The van der Waals surface area contributed by atoms with Crippen LogP contribution in [0.3, 0.4) is 0 Å². The number of fused-ring (bicyclic) bond motifs is 3. The second kappa shape index (κ2) is 7.96. The van der Waals surface area contributed by atoms with E-state index in [1.165, 1.54) is 11.3 Å². The smallest absolute Gasteiger partial charge is 0.283 e. The second-order valence-corrected chi connectivity index (χ2v) is 7.26. The third-order valence-electron chi connectivity index (χ3n) is 4.63. The van der Waals surface area contributed by atoms with E-state index in [1.807, 2.05) is 28.8 Å². The summed E-state index contributed by atoms with van der Waals surface area (Å²) in [4.78, 5) is 18.0. The largest absolute Gasteiger partial charge is 0.496 e. The number of benzene rings is 3. The lowest BCUT2D eigenvalue weighted by Crippen LogP contribution is -2.19. The van der Waals surface area contributed by atoms with Crippen molar-refractivity contribution < 1.29 is 14.3 Å². The summed E-state index contributed by atoms with van der Waals surface area (Å²) in [7, 11) is 3.22. The summed E-state index contributed by atoms with van der Waals surface area (Å²) >= 11 is 1.52. The fourth-order valence-corrected chi connectivity index (χ4v) is 4.44. The highest BCUT2D eigenvalue weighted by atomic mass is 32.1. The van der Waals surface area contributed by atoms with Crippen molar-refractivity contribution in [1.82, 2.24) is 4.57 Å². The van der Waals surface area contributed by atoms with Crippen molar-refractivity contribution in [1.29, 1.82) is 0 Å². The molecule has 0 spiro atoms. The Balaban J connectivity index is 1.93. The standard InChI is InChI=1S/C22H20N2O3S/c1-26-14-13-24-18-12-11-15-7-3-4-8-16(15)20(18)28-22(24)23-21(25)17-9-5-6-10-19(17)27-2/h3-12H,13-14H2,1-2H3. The van der Waals surface area contributed by atoms with Crippen molar-refractivity contribution >= 4 is 38.2 Å². The van der Waals surface area contributed by atoms with Crippen LogP contribution in [0.15, 0.2) is 65.7 Å². The van der Waals surface area contributed by atoms with E-state index in [4.69, 9.17) is 9.47 Å². The van der Waals surface area contributed by atoms with E-state index in [2.05, 4.69) is 29.3 Å². The molecule has 0 aliphatic heterocycles. The van der Waals surface area contributed by atoms with E-state index < -0.39 is 0 Å². The molecule has 1 heterocycles. The maximum Gasteiger partial charge on any atom is 0.283 e. The number of ether oxygens (including phenoxy) is 2. The normalized spacial score (nSPS) is 12.0. The molecule has 4 rings (SSSR count). The average Bonchev–Trinajstić information content (AvgIpc) is 3.09. The van der Waals surface area contributed by atoms with Crippen LogP contribution in [0.4, 0.5) is 0 Å². The Hall–Kier alpha value is -2.96. The van der Waals surface area contributed by atoms with Gasteiger partial charge in [0.15, 0.2) is 4.80 Å². The van der Waals surface area contributed by atoms with Gasteiger partial charge in [-0.15, -0.1) is 0 Å². The highest BCUT2D eigenvalue weighted by Crippen LogP contribution is 2.28. The Morgan fingerprint density at radius 1 is 1.04 bits per heavy atom. The van der Waals surface area contributed by atoms with Crippen LogP contribution in [-0.4, -0.2) is 31.3 Å². The fourth-order valence-electron chi connectivity index (χ4n) is 3.25. The Bertz CT molecular complexity index is 1220. The molecule has 0 radical (unpaired) electrons. The van der Waals surface area contributed by atoms with Gasteiger partial charge in [-0.3, -0.25) is 4.79 Å². The molecule has 6 heteroatoms. The van der Waals surface area contributed by atoms with Gasteiger partial charge in [-0.25, -0.2) is 0 Å². The maximum absolute atomic E-state index is 12.9. The fraction of sp³-hybridized carbons (Fsp3) is 0.182. The van der Waals surface area contributed by atoms with E-state index >= 15 is 0 Å². The van der Waals surface area contributed by atoms with Gasteiger partial charge in [0.05, 0.1) is 29.5 Å². The van der Waals surface area contributed by atoms with Gasteiger partial charge >= 0.3 is 0 Å². The number of carbonyl (C=O) groups is 1. The zero-order valence-corrected chi connectivity index (χ0v) is 16.5. The summed E-state index contributed by atoms with van der Waals surface area (Å²) < 4.78 is 13.7. The molecule has 0 N–H and O–H groups in total. The number of carbonyl (C=O) groups excluding carboxylic acids is 1. The minimum Gasteiger partial charge on any atom is -0.496 e. The zero-order chi connectivity index (χ0) is 19.5. The van der Waals surface area contributed by atoms with Crippen molar-refractivity contribution in [3.05, 3.63) is 71.0 Å². The van der Waals surface area contributed by atoms with Gasteiger partial charge in [-0.1, -0.05) is 53.8 Å². The van der Waals surface area contributed by atoms with Gasteiger partial charge in [-0.05, 0) is 23.6 Å². The van der Waals surface area contributed by atoms with Crippen LogP contribution in [0.1, 0.15) is 10.4 Å². The molecule has 3 aromatic carbocycles. The molecule has 0 saturated heterocycles. The summed E-state index contributed by atoms with van der Waals surface area (Å²) in [6.45, 7) is 1.15. The van der Waals surface area contributed by atoms with Crippen molar-refractivity contribution in [2.75, 3.05) is 20.8 Å². The summed E-state index contributed by atoms with van der Waals surface area (Å²) in [5.74, 6) is 0.200. The maximum atomic E-state index is 12.9. The number of hydrogen-bond donors (Lipinski definition) is 0. The summed E-state index contributed by atoms with van der Waals surface area (Å²) in [5, 5.41) is 2.32. The van der Waals surface area contributed by atoms with Crippen LogP contribution in [0.5, 0.6) is 5.75 Å². The predicted octanol–water partition coefficient (Wildman–Crippen LogP) is 4.25. The lowest BCUT2D eigenvalue weighted by atomic mass is 10.1. The minimum atomic E-state index is -0.320. The van der Waals surface area contributed by atoms with E-state index in [1.54, 1.807) is 26.4 Å². The summed E-state index contributed by atoms with van der Waals surface area (Å²) in [6, 6.07) is 19.5. The van der Waals surface area contributed by atoms with E-state index in [-0.39, 0.29) is 5.91 Å². The number of thiazole rings is 1. The van der Waals surface area contributed by atoms with Crippen molar-refractivity contribution in [2.24, 2.45) is 4.99 Å². The summed E-state index contributed by atoms with van der Waals surface area (Å²) in [6.07, 6.45) is 0. The van der Waals surface area contributed by atoms with Crippen LogP contribution in [-0.2, 0) is 11.3 Å². The molecule has 0 fully saturated rings. The molecule has 1 amide bonds. The SMILES string of the molecule is COCCn1c(=NC(=O)c2ccccc2OC)sc2c3ccccc3ccc21. The molecule has 0 unspecified atom stereocenters. The van der Waals surface area contributed by atoms with Crippen LogP contribution < -0.4 is 9.54 Å². The molecule has 0 aliphatic carbocycles. The summed E-state index contributed by atoms with van der Waals surface area (Å²) in [5.41, 5.74) is 1.50. The number of para-hydroxylation sites is 1. The zero-order valence-electron chi connectivity index (χ0n) is 15.7. The van der Waals surface area contributed by atoms with Gasteiger partial charge in [0, 0.05) is 19.0 Å². The molecule has 4 aromatic rings. The molecule has 0 atom stereocenters. The van der Waals surface area contributed by atoms with Gasteiger partial charge in [0.25, 0.3) is 5.91 Å². The number of nitrogens with zero attached hydrogens (tertiary/aromatic N) is 2. The highest BCUT2D eigenvalue weighted by Gasteiger charge is 2.14. The Labute approximate surface area is 166 Å². The van der Waals surface area contributed by atoms with Gasteiger partial charge in [0.1, 0.15) is 5.75 Å². The van der Waals surface area contributed by atoms with Crippen molar-refractivity contribution in [3.8, 4) is 5.75 Å². The van der Waals surface area contributed by atoms with Crippen LogP contribution >= 0.6 is 11.3 Å². The third kappa shape index (κ3) is 3.32. The molecular formula is C22H20N2O3S. The molecule has 5 nitrogen and oxygen atoms in total. The first kappa shape index (κ1) is 18.4. The van der Waals surface area contributed by atoms with E-state index in [0.717, 1.165) is 21.0 Å². The lowest BCUT2D eigenvalue weighted by molar-refractivity contribution is 0.0994. The first-order chi connectivity index (χ1) is 13.7. The monoisotopic (exact) mass is 392 g/mol. The average molecular weight is 392 g/mol. The number of methoxy groups -OCH3 is 2.